The molecular weight excluding hydrogens is 492 g/mol. The number of fused-ring (bicyclic) bond motifs is 2. The van der Waals surface area contributed by atoms with Gasteiger partial charge >= 0.3 is 0 Å². The monoisotopic (exact) mass is 526 g/mol. The Labute approximate surface area is 220 Å². The van der Waals surface area contributed by atoms with Gasteiger partial charge in [-0.25, -0.2) is 4.98 Å². The molecule has 0 saturated carbocycles. The van der Waals surface area contributed by atoms with Crippen LogP contribution in [0.25, 0.3) is 20.8 Å². The first-order chi connectivity index (χ1) is 17.4. The fourth-order valence-corrected chi connectivity index (χ4v) is 7.00. The summed E-state index contributed by atoms with van der Waals surface area (Å²) in [6, 6.07) is 6.20. The highest BCUT2D eigenvalue weighted by Gasteiger charge is 2.26. The van der Waals surface area contributed by atoms with Gasteiger partial charge in [0, 0.05) is 67.7 Å². The van der Waals surface area contributed by atoms with Gasteiger partial charge in [-0.2, -0.15) is 0 Å². The second-order valence-corrected chi connectivity index (χ2v) is 12.0. The van der Waals surface area contributed by atoms with E-state index in [0.717, 1.165) is 71.5 Å². The molecule has 0 spiro atoms. The molecule has 1 saturated heterocycles. The maximum atomic E-state index is 13.1. The van der Waals surface area contributed by atoms with Crippen molar-refractivity contribution >= 4 is 49.7 Å². The van der Waals surface area contributed by atoms with Crippen LogP contribution in [0.4, 0.5) is 5.00 Å². The number of benzene rings is 1. The standard InChI is InChI=1S/C26H34N6O2S2/c1-16(2)28-9-7-22(33)30-25-23(18-6-8-27-15-21(18)36-25)24-29-19-14-17(4-5-20(19)35-24)26(34)32-12-10-31(3)11-13-32/h4-5,14,16,27-28H,6-13,15H2,1-3H3,(H,30,33). The summed E-state index contributed by atoms with van der Waals surface area (Å²) in [5.74, 6) is 0.0821. The van der Waals surface area contributed by atoms with Gasteiger partial charge in [0.15, 0.2) is 0 Å². The average Bonchev–Trinajstić information content (AvgIpc) is 3.43. The van der Waals surface area contributed by atoms with E-state index in [0.29, 0.717) is 24.6 Å². The van der Waals surface area contributed by atoms with Crippen molar-refractivity contribution in [1.82, 2.24) is 25.4 Å². The first kappa shape index (κ1) is 25.3. The van der Waals surface area contributed by atoms with E-state index < -0.39 is 0 Å². The van der Waals surface area contributed by atoms with Gasteiger partial charge in [-0.1, -0.05) is 13.8 Å². The number of nitrogens with one attached hydrogen (secondary N) is 3. The molecule has 0 atom stereocenters. The number of aromatic nitrogens is 1. The van der Waals surface area contributed by atoms with Crippen LogP contribution in [0.2, 0.25) is 0 Å². The molecule has 8 nitrogen and oxygen atoms in total. The molecule has 5 rings (SSSR count). The van der Waals surface area contributed by atoms with E-state index in [2.05, 4.69) is 41.7 Å². The summed E-state index contributed by atoms with van der Waals surface area (Å²) >= 11 is 3.28. The van der Waals surface area contributed by atoms with E-state index in [1.54, 1.807) is 22.7 Å². The van der Waals surface area contributed by atoms with Crippen molar-refractivity contribution in [1.29, 1.82) is 0 Å². The molecule has 4 heterocycles. The quantitative estimate of drug-likeness (QED) is 0.437. The molecule has 0 radical (unpaired) electrons. The molecule has 3 aromatic rings. The molecule has 2 aromatic heterocycles. The minimum absolute atomic E-state index is 0.0112. The number of thiophene rings is 1. The number of hydrogen-bond donors (Lipinski definition) is 3. The van der Waals surface area contributed by atoms with Crippen molar-refractivity contribution in [2.45, 2.75) is 39.3 Å². The first-order valence-electron chi connectivity index (χ1n) is 12.7. The van der Waals surface area contributed by atoms with Gasteiger partial charge < -0.3 is 25.8 Å². The Bertz CT molecular complexity index is 1260. The molecule has 1 fully saturated rings. The zero-order chi connectivity index (χ0) is 25.2. The SMILES string of the molecule is CC(C)NCCC(=O)Nc1sc2c(c1-c1nc3cc(C(=O)N4CCN(C)CC4)ccc3s1)CCNC2. The number of rotatable bonds is 7. The summed E-state index contributed by atoms with van der Waals surface area (Å²) in [6.07, 6.45) is 1.34. The minimum atomic E-state index is 0.0112. The second kappa shape index (κ2) is 10.9. The molecule has 36 heavy (non-hydrogen) atoms. The van der Waals surface area contributed by atoms with Crippen LogP contribution in [-0.4, -0.2) is 79.0 Å². The number of nitrogens with zero attached hydrogens (tertiary/aromatic N) is 3. The topological polar surface area (TPSA) is 89.6 Å². The number of amides is 2. The predicted molar refractivity (Wildman–Crippen MR) is 148 cm³/mol. The van der Waals surface area contributed by atoms with Gasteiger partial charge in [0.05, 0.1) is 10.2 Å². The van der Waals surface area contributed by atoms with Gasteiger partial charge in [-0.05, 0) is 43.8 Å². The fourth-order valence-electron chi connectivity index (χ4n) is 4.67. The largest absolute Gasteiger partial charge is 0.336 e. The highest BCUT2D eigenvalue weighted by atomic mass is 32.1. The van der Waals surface area contributed by atoms with E-state index in [1.165, 1.54) is 10.4 Å². The van der Waals surface area contributed by atoms with Crippen LogP contribution < -0.4 is 16.0 Å². The van der Waals surface area contributed by atoms with E-state index in [1.807, 2.05) is 23.1 Å². The lowest BCUT2D eigenvalue weighted by Gasteiger charge is -2.32. The van der Waals surface area contributed by atoms with Crippen molar-refractivity contribution in [3.63, 3.8) is 0 Å². The van der Waals surface area contributed by atoms with Crippen molar-refractivity contribution in [2.75, 3.05) is 51.6 Å². The van der Waals surface area contributed by atoms with Crippen LogP contribution in [0, 0.1) is 0 Å². The number of hydrogen-bond acceptors (Lipinski definition) is 8. The molecular formula is C26H34N6O2S2. The highest BCUT2D eigenvalue weighted by molar-refractivity contribution is 7.23. The van der Waals surface area contributed by atoms with Crippen LogP contribution in [0.5, 0.6) is 0 Å². The summed E-state index contributed by atoms with van der Waals surface area (Å²) < 4.78 is 1.05. The number of anilines is 1. The van der Waals surface area contributed by atoms with Gasteiger partial charge in [0.25, 0.3) is 5.91 Å². The third-order valence-electron chi connectivity index (χ3n) is 6.72. The number of piperazine rings is 1. The average molecular weight is 527 g/mol. The highest BCUT2D eigenvalue weighted by Crippen LogP contribution is 2.45. The molecule has 0 bridgehead atoms. The van der Waals surface area contributed by atoms with Gasteiger partial charge in [0.2, 0.25) is 5.91 Å². The Morgan fingerprint density at radius 3 is 2.75 bits per heavy atom. The molecule has 2 amide bonds. The molecule has 10 heteroatoms. The second-order valence-electron chi connectivity index (χ2n) is 9.84. The molecule has 2 aliphatic rings. The molecule has 192 valence electrons. The van der Waals surface area contributed by atoms with Crippen molar-refractivity contribution in [3.05, 3.63) is 34.2 Å². The van der Waals surface area contributed by atoms with Crippen LogP contribution in [-0.2, 0) is 17.8 Å². The lowest BCUT2D eigenvalue weighted by atomic mass is 10.0. The van der Waals surface area contributed by atoms with Crippen LogP contribution in [0.3, 0.4) is 0 Å². The summed E-state index contributed by atoms with van der Waals surface area (Å²) in [4.78, 5) is 36.2. The lowest BCUT2D eigenvalue weighted by Crippen LogP contribution is -2.47. The molecule has 0 aliphatic carbocycles. The Morgan fingerprint density at radius 1 is 1.17 bits per heavy atom. The normalized spacial score (nSPS) is 16.5. The Balaban J connectivity index is 1.42. The summed E-state index contributed by atoms with van der Waals surface area (Å²) in [6.45, 7) is 9.83. The Morgan fingerprint density at radius 2 is 1.97 bits per heavy atom. The first-order valence-corrected chi connectivity index (χ1v) is 14.3. The molecule has 3 N–H and O–H groups in total. The van der Waals surface area contributed by atoms with Crippen molar-refractivity contribution in [2.24, 2.45) is 0 Å². The zero-order valence-corrected chi connectivity index (χ0v) is 22.8. The Hall–Kier alpha value is -2.37. The van der Waals surface area contributed by atoms with Gasteiger partial charge in [-0.15, -0.1) is 22.7 Å². The third-order valence-corrected chi connectivity index (χ3v) is 8.93. The maximum absolute atomic E-state index is 13.1. The molecule has 1 aromatic carbocycles. The van der Waals surface area contributed by atoms with Gasteiger partial charge in [-0.3, -0.25) is 9.59 Å². The summed E-state index contributed by atoms with van der Waals surface area (Å²) in [5, 5.41) is 11.7. The Kier molecular flexibility index (Phi) is 7.68. The van der Waals surface area contributed by atoms with Gasteiger partial charge in [0.1, 0.15) is 10.0 Å². The lowest BCUT2D eigenvalue weighted by molar-refractivity contribution is -0.116. The smallest absolute Gasteiger partial charge is 0.254 e. The van der Waals surface area contributed by atoms with Crippen LogP contribution in [0.1, 0.15) is 41.1 Å². The predicted octanol–water partition coefficient (Wildman–Crippen LogP) is 3.38. The number of thiazole rings is 1. The number of likely N-dealkylation sites (N-methyl/N-ethyl adjacent to an activating group) is 1. The maximum Gasteiger partial charge on any atom is 0.254 e. The fraction of sp³-hybridized carbons (Fsp3) is 0.500. The van der Waals surface area contributed by atoms with Crippen LogP contribution in [0.15, 0.2) is 18.2 Å². The number of carbonyl (C=O) groups is 2. The number of carbonyl (C=O) groups excluding carboxylic acids is 2. The van der Waals surface area contributed by atoms with Crippen LogP contribution >= 0.6 is 22.7 Å². The molecule has 2 aliphatic heterocycles. The van der Waals surface area contributed by atoms with E-state index in [4.69, 9.17) is 4.98 Å². The van der Waals surface area contributed by atoms with Crippen molar-refractivity contribution in [3.8, 4) is 10.6 Å². The van der Waals surface area contributed by atoms with E-state index >= 15 is 0 Å². The summed E-state index contributed by atoms with van der Waals surface area (Å²) in [5.41, 5.74) is 3.85. The summed E-state index contributed by atoms with van der Waals surface area (Å²) in [7, 11) is 2.09. The zero-order valence-electron chi connectivity index (χ0n) is 21.1. The van der Waals surface area contributed by atoms with E-state index in [-0.39, 0.29) is 11.8 Å². The van der Waals surface area contributed by atoms with E-state index in [9.17, 15) is 9.59 Å². The van der Waals surface area contributed by atoms with Crippen molar-refractivity contribution < 1.29 is 9.59 Å². The third kappa shape index (κ3) is 5.47. The minimum Gasteiger partial charge on any atom is -0.336 e. The molecule has 0 unspecified atom stereocenters.